The van der Waals surface area contributed by atoms with Crippen LogP contribution in [0.3, 0.4) is 0 Å². The van der Waals surface area contributed by atoms with Crippen LogP contribution in [0.5, 0.6) is 0 Å². The van der Waals surface area contributed by atoms with Crippen molar-refractivity contribution >= 4 is 27.8 Å². The second-order valence-corrected chi connectivity index (χ2v) is 6.07. The summed E-state index contributed by atoms with van der Waals surface area (Å²) in [5, 5.41) is 7.74. The molecule has 0 aliphatic rings. The number of aromatic nitrogens is 3. The van der Waals surface area contributed by atoms with Crippen LogP contribution in [-0.2, 0) is 0 Å². The molecular formula is C13H17ClN5O6+. The van der Waals surface area contributed by atoms with E-state index in [1.807, 2.05) is 38.4 Å². The van der Waals surface area contributed by atoms with Gasteiger partial charge >= 0.3 is 5.65 Å². The second-order valence-electron chi connectivity index (χ2n) is 5.28. The van der Waals surface area contributed by atoms with Crippen LogP contribution < -0.4 is 23.9 Å². The van der Waals surface area contributed by atoms with Crippen molar-refractivity contribution < 1.29 is 38.1 Å². The van der Waals surface area contributed by atoms with Crippen molar-refractivity contribution in [2.75, 3.05) is 32.5 Å². The van der Waals surface area contributed by atoms with E-state index in [0.717, 1.165) is 23.9 Å². The Balaban J connectivity index is 0.000000399. The molecule has 2 heterocycles. The van der Waals surface area contributed by atoms with Crippen LogP contribution in [0.1, 0.15) is 0 Å². The van der Waals surface area contributed by atoms with Gasteiger partial charge in [0.2, 0.25) is 11.3 Å². The number of anilines is 1. The first-order valence-electron chi connectivity index (χ1n) is 7.01. The summed E-state index contributed by atoms with van der Waals surface area (Å²) < 4.78 is 37.9. The molecule has 3 N–H and O–H groups in total. The molecule has 2 aromatic heterocycles. The molecule has 1 aromatic carbocycles. The topological polar surface area (TPSA) is 169 Å². The molecule has 0 amide bonds. The van der Waals surface area contributed by atoms with Gasteiger partial charge in [-0.05, 0) is 25.1 Å². The Kier molecular flexibility index (Phi) is 5.89. The highest BCUT2D eigenvalue weighted by molar-refractivity contribution is 6.06. The van der Waals surface area contributed by atoms with E-state index in [1.165, 1.54) is 0 Å². The van der Waals surface area contributed by atoms with E-state index in [-0.39, 0.29) is 5.65 Å². The number of hydrogen-bond donors (Lipinski definition) is 3. The molecule has 0 aliphatic carbocycles. The minimum atomic E-state index is -4.69. The highest BCUT2D eigenvalue weighted by atomic mass is 35.7. The van der Waals surface area contributed by atoms with Crippen LogP contribution >= 0.6 is 0 Å². The summed E-state index contributed by atoms with van der Waals surface area (Å²) in [5.41, 5.74) is 0.852. The van der Waals surface area contributed by atoms with Crippen LogP contribution in [0.15, 0.2) is 28.9 Å². The van der Waals surface area contributed by atoms with Crippen molar-refractivity contribution in [1.82, 2.24) is 15.0 Å². The number of nitrogens with zero attached hydrogens (tertiary/aromatic N) is 3. The molecule has 3 rings (SSSR count). The van der Waals surface area contributed by atoms with Crippen molar-refractivity contribution in [2.45, 2.75) is 0 Å². The van der Waals surface area contributed by atoms with Gasteiger partial charge in [-0.3, -0.25) is 0 Å². The summed E-state index contributed by atoms with van der Waals surface area (Å²) in [6.45, 7) is 1.62. The SMILES string of the molecule is CN(C)CCNc1nc2c([nH]o[n+]2=O)c2ccccc12.[O-][Cl+3]([O-])([O-])O. The van der Waals surface area contributed by atoms with Crippen LogP contribution in [-0.4, -0.2) is 46.9 Å². The number of hydrogen-bond acceptors (Lipinski definition) is 9. The molecule has 0 spiro atoms. The standard InChI is InChI=1S/C13H16N5O2.ClHO4/c1-17(2)8-7-14-12-10-6-4-3-5-9(10)11-13(15-12)18(19)20-16-11;2-1(3,4)5/h3-6,16H,7-8H2,1-2H3,(H,14,15);(H,2,3,4,5)/q+1;. The van der Waals surface area contributed by atoms with Gasteiger partial charge in [-0.15, -0.1) is 9.79 Å². The fourth-order valence-electron chi connectivity index (χ4n) is 2.15. The van der Waals surface area contributed by atoms with Crippen LogP contribution in [0.25, 0.3) is 21.9 Å². The zero-order valence-electron chi connectivity index (χ0n) is 13.4. The Morgan fingerprint density at radius 2 is 1.92 bits per heavy atom. The summed E-state index contributed by atoms with van der Waals surface area (Å²) in [6.07, 6.45) is 0. The lowest BCUT2D eigenvalue weighted by atomic mass is 10.1. The molecule has 136 valence electrons. The zero-order valence-corrected chi connectivity index (χ0v) is 14.2. The molecule has 0 fully saturated rings. The van der Waals surface area contributed by atoms with E-state index in [1.54, 1.807) is 0 Å². The number of H-pyrrole nitrogens is 1. The monoisotopic (exact) mass is 374 g/mol. The molecule has 3 aromatic rings. The Labute approximate surface area is 143 Å². The Morgan fingerprint density at radius 1 is 1.32 bits per heavy atom. The maximum Gasteiger partial charge on any atom is 0.391 e. The first-order chi connectivity index (χ1) is 11.7. The van der Waals surface area contributed by atoms with Crippen LogP contribution in [0, 0.1) is 15.2 Å². The first-order valence-corrected chi connectivity index (χ1v) is 8.28. The zero-order chi connectivity index (χ0) is 18.6. The number of nitrogens with one attached hydrogen (secondary N) is 2. The molecule has 25 heavy (non-hydrogen) atoms. The average molecular weight is 375 g/mol. The Morgan fingerprint density at radius 3 is 2.52 bits per heavy atom. The lowest BCUT2D eigenvalue weighted by molar-refractivity contribution is -1.92. The van der Waals surface area contributed by atoms with E-state index >= 15 is 0 Å². The van der Waals surface area contributed by atoms with Crippen molar-refractivity contribution in [2.24, 2.45) is 0 Å². The lowest BCUT2D eigenvalue weighted by Crippen LogP contribution is -2.58. The van der Waals surface area contributed by atoms with Gasteiger partial charge < -0.3 is 10.2 Å². The molecule has 0 atom stereocenters. The van der Waals surface area contributed by atoms with Gasteiger partial charge in [0.1, 0.15) is 0 Å². The number of fused-ring (bicyclic) bond motifs is 3. The average Bonchev–Trinajstić information content (AvgIpc) is 2.87. The molecule has 0 bridgehead atoms. The van der Waals surface area contributed by atoms with Crippen LogP contribution in [0.2, 0.25) is 0 Å². The number of halogens is 1. The third-order valence-corrected chi connectivity index (χ3v) is 3.15. The number of aromatic amines is 1. The molecule has 0 saturated carbocycles. The first kappa shape index (κ1) is 19.1. The maximum atomic E-state index is 11.6. The number of pyridine rings is 1. The molecule has 0 saturated heterocycles. The molecular weight excluding hydrogens is 358 g/mol. The second kappa shape index (κ2) is 7.74. The van der Waals surface area contributed by atoms with Gasteiger partial charge in [0.05, 0.1) is 14.9 Å². The van der Waals surface area contributed by atoms with Gasteiger partial charge in [-0.25, -0.2) is 0 Å². The summed E-state index contributed by atoms with van der Waals surface area (Å²) in [5.74, 6) is 0.689. The van der Waals surface area contributed by atoms with E-state index in [2.05, 4.69) is 20.4 Å². The maximum absolute atomic E-state index is 11.6. The fourth-order valence-corrected chi connectivity index (χ4v) is 2.15. The lowest BCUT2D eigenvalue weighted by Gasteiger charge is -2.10. The normalized spacial score (nSPS) is 11.6. The van der Waals surface area contributed by atoms with E-state index in [0.29, 0.717) is 15.9 Å². The van der Waals surface area contributed by atoms with E-state index < -0.39 is 10.2 Å². The van der Waals surface area contributed by atoms with Crippen LogP contribution in [0.4, 0.5) is 5.82 Å². The summed E-state index contributed by atoms with van der Waals surface area (Å²) in [6, 6.07) is 7.76. The summed E-state index contributed by atoms with van der Waals surface area (Å²) in [4.78, 5) is 18.0. The van der Waals surface area contributed by atoms with Gasteiger partial charge in [-0.1, -0.05) is 23.2 Å². The van der Waals surface area contributed by atoms with Crippen molar-refractivity contribution in [3.63, 3.8) is 0 Å². The number of likely N-dealkylation sites (N-methyl/N-ethyl adjacent to an activating group) is 1. The molecule has 0 unspecified atom stereocenters. The molecule has 11 nitrogen and oxygen atoms in total. The van der Waals surface area contributed by atoms with Crippen molar-refractivity contribution in [3.05, 3.63) is 29.2 Å². The molecule has 0 radical (unpaired) electrons. The fraction of sp³-hybridized carbons (Fsp3) is 0.308. The minimum Gasteiger partial charge on any atom is -0.355 e. The van der Waals surface area contributed by atoms with Crippen molar-refractivity contribution in [3.8, 4) is 0 Å². The highest BCUT2D eigenvalue weighted by Crippen LogP contribution is 2.26. The smallest absolute Gasteiger partial charge is 0.355 e. The van der Waals surface area contributed by atoms with Crippen molar-refractivity contribution in [1.29, 1.82) is 0 Å². The summed E-state index contributed by atoms with van der Waals surface area (Å²) in [7, 11) is -0.680. The number of rotatable bonds is 4. The third-order valence-electron chi connectivity index (χ3n) is 3.15. The van der Waals surface area contributed by atoms with Gasteiger partial charge in [0, 0.05) is 23.9 Å². The number of benzene rings is 1. The van der Waals surface area contributed by atoms with Gasteiger partial charge in [0.25, 0.3) is 0 Å². The predicted octanol–water partition coefficient (Wildman–Crippen LogP) is -2.93. The predicted molar refractivity (Wildman–Crippen MR) is 78.5 cm³/mol. The summed E-state index contributed by atoms with van der Waals surface area (Å²) >= 11 is 0. The Bertz CT molecular complexity index is 897. The Hall–Kier alpha value is -2.28. The highest BCUT2D eigenvalue weighted by Gasteiger charge is 2.19. The quantitative estimate of drug-likeness (QED) is 0.432. The largest absolute Gasteiger partial charge is 0.391 e. The molecule has 0 aliphatic heterocycles. The molecule has 12 heteroatoms. The van der Waals surface area contributed by atoms with Gasteiger partial charge in [0.15, 0.2) is 4.60 Å². The third kappa shape index (κ3) is 5.35. The minimum absolute atomic E-state index is 0.246. The van der Waals surface area contributed by atoms with Gasteiger partial charge in [-0.2, -0.15) is 14.0 Å². The van der Waals surface area contributed by atoms with E-state index in [9.17, 15) is 4.91 Å². The van der Waals surface area contributed by atoms with E-state index in [4.69, 9.17) is 23.3 Å².